The molecule has 126 valence electrons. The van der Waals surface area contributed by atoms with Gasteiger partial charge in [-0.25, -0.2) is 8.42 Å². The van der Waals surface area contributed by atoms with Gasteiger partial charge in [0.2, 0.25) is 10.0 Å². The Kier molecular flexibility index (Phi) is 8.12. The van der Waals surface area contributed by atoms with Crippen molar-refractivity contribution in [1.29, 1.82) is 0 Å². The number of nitrogens with zero attached hydrogens (tertiary/aromatic N) is 1. The van der Waals surface area contributed by atoms with Crippen LogP contribution in [0.15, 0.2) is 27.6 Å². The number of halogens is 3. The summed E-state index contributed by atoms with van der Waals surface area (Å²) in [6.45, 7) is 5.16. The third-order valence-electron chi connectivity index (χ3n) is 3.77. The van der Waals surface area contributed by atoms with Gasteiger partial charge >= 0.3 is 0 Å². The second-order valence-corrected chi connectivity index (χ2v) is 8.43. The molecule has 1 aliphatic heterocycles. The molecule has 8 heteroatoms. The summed E-state index contributed by atoms with van der Waals surface area (Å²) in [5.74, 6) is 0.560. The molecule has 0 aliphatic carbocycles. The van der Waals surface area contributed by atoms with Crippen molar-refractivity contribution in [3.63, 3.8) is 0 Å². The average Bonchev–Trinajstić information content (AvgIpc) is 2.45. The van der Waals surface area contributed by atoms with E-state index in [4.69, 9.17) is 11.6 Å². The molecule has 0 spiro atoms. The van der Waals surface area contributed by atoms with E-state index >= 15 is 0 Å². The van der Waals surface area contributed by atoms with Gasteiger partial charge in [-0.2, -0.15) is 4.31 Å². The van der Waals surface area contributed by atoms with Crippen molar-refractivity contribution >= 4 is 50.0 Å². The Hall–Kier alpha value is 0.150. The molecule has 4 nitrogen and oxygen atoms in total. The summed E-state index contributed by atoms with van der Waals surface area (Å²) in [6, 6.07) is 4.79. The van der Waals surface area contributed by atoms with Crippen molar-refractivity contribution in [3.8, 4) is 0 Å². The summed E-state index contributed by atoms with van der Waals surface area (Å²) in [4.78, 5) is 0.289. The van der Waals surface area contributed by atoms with E-state index in [1.165, 1.54) is 0 Å². The Morgan fingerprint density at radius 1 is 1.36 bits per heavy atom. The maximum absolute atomic E-state index is 12.7. The Morgan fingerprint density at radius 2 is 2.00 bits per heavy atom. The summed E-state index contributed by atoms with van der Waals surface area (Å²) < 4.78 is 27.4. The van der Waals surface area contributed by atoms with Crippen LogP contribution in [0.25, 0.3) is 0 Å². The Bertz CT molecular complexity index is 591. The van der Waals surface area contributed by atoms with Crippen molar-refractivity contribution in [2.45, 2.75) is 24.7 Å². The van der Waals surface area contributed by atoms with E-state index in [1.54, 1.807) is 22.5 Å². The fourth-order valence-corrected chi connectivity index (χ4v) is 5.34. The van der Waals surface area contributed by atoms with Crippen LogP contribution in [0.3, 0.4) is 0 Å². The molecule has 1 aromatic rings. The first-order valence-corrected chi connectivity index (χ1v) is 9.72. The molecule has 0 unspecified atom stereocenters. The van der Waals surface area contributed by atoms with Crippen LogP contribution >= 0.6 is 39.9 Å². The van der Waals surface area contributed by atoms with E-state index in [0.29, 0.717) is 28.5 Å². The van der Waals surface area contributed by atoms with Gasteiger partial charge in [-0.15, -0.1) is 12.4 Å². The van der Waals surface area contributed by atoms with Crippen molar-refractivity contribution in [2.24, 2.45) is 5.92 Å². The molecule has 1 aromatic carbocycles. The van der Waals surface area contributed by atoms with E-state index in [9.17, 15) is 8.42 Å². The predicted octanol–water partition coefficient (Wildman–Crippen LogP) is 3.53. The van der Waals surface area contributed by atoms with Crippen molar-refractivity contribution in [3.05, 3.63) is 27.7 Å². The van der Waals surface area contributed by atoms with Crippen LogP contribution in [0.5, 0.6) is 0 Å². The van der Waals surface area contributed by atoms with E-state index in [2.05, 4.69) is 28.2 Å². The second-order valence-electron chi connectivity index (χ2n) is 5.23. The molecule has 1 saturated heterocycles. The molecule has 0 aromatic heterocycles. The highest BCUT2D eigenvalue weighted by Crippen LogP contribution is 2.30. The molecule has 1 aliphatic rings. The minimum atomic E-state index is -3.45. The first-order valence-electron chi connectivity index (χ1n) is 7.11. The van der Waals surface area contributed by atoms with Crippen molar-refractivity contribution in [1.82, 2.24) is 9.62 Å². The molecule has 1 fully saturated rings. The second kappa shape index (κ2) is 8.85. The summed E-state index contributed by atoms with van der Waals surface area (Å²) in [6.07, 6.45) is 1.80. The van der Waals surface area contributed by atoms with Crippen LogP contribution in [0.1, 0.15) is 19.8 Å². The zero-order chi connectivity index (χ0) is 15.5. The minimum Gasteiger partial charge on any atom is -0.317 e. The lowest BCUT2D eigenvalue weighted by Gasteiger charge is -2.31. The fraction of sp³-hybridized carbons (Fsp3) is 0.571. The monoisotopic (exact) mass is 430 g/mol. The lowest BCUT2D eigenvalue weighted by atomic mass is 9.98. The average molecular weight is 432 g/mol. The Morgan fingerprint density at radius 3 is 2.55 bits per heavy atom. The van der Waals surface area contributed by atoms with Gasteiger partial charge in [-0.3, -0.25) is 0 Å². The summed E-state index contributed by atoms with van der Waals surface area (Å²) in [5.41, 5.74) is 0. The molecule has 2 rings (SSSR count). The van der Waals surface area contributed by atoms with E-state index in [-0.39, 0.29) is 17.3 Å². The normalized spacial score (nSPS) is 17.2. The number of sulfonamides is 1. The van der Waals surface area contributed by atoms with Crippen LogP contribution in [-0.4, -0.2) is 38.9 Å². The number of benzene rings is 1. The zero-order valence-corrected chi connectivity index (χ0v) is 16.4. The first-order chi connectivity index (χ1) is 9.95. The third-order valence-corrected chi connectivity index (χ3v) is 6.88. The smallest absolute Gasteiger partial charge is 0.244 e. The fourth-order valence-electron chi connectivity index (χ4n) is 2.53. The Labute approximate surface area is 152 Å². The molecule has 1 N–H and O–H groups in total. The van der Waals surface area contributed by atoms with Gasteiger partial charge in [0.05, 0.1) is 4.90 Å². The van der Waals surface area contributed by atoms with E-state index < -0.39 is 10.0 Å². The van der Waals surface area contributed by atoms with Gasteiger partial charge in [0.15, 0.2) is 0 Å². The van der Waals surface area contributed by atoms with Gasteiger partial charge in [-0.1, -0.05) is 18.5 Å². The SMILES string of the molecule is CCNCC1CCN(S(=O)(=O)c2ccc(Cl)cc2Br)CC1.Cl. The molecule has 1 heterocycles. The molecular weight excluding hydrogens is 411 g/mol. The quantitative estimate of drug-likeness (QED) is 0.775. The molecule has 0 amide bonds. The predicted molar refractivity (Wildman–Crippen MR) is 96.4 cm³/mol. The summed E-state index contributed by atoms with van der Waals surface area (Å²) >= 11 is 9.17. The van der Waals surface area contributed by atoms with E-state index in [1.807, 2.05) is 0 Å². The Balaban J connectivity index is 0.00000242. The van der Waals surface area contributed by atoms with Gasteiger partial charge in [0.1, 0.15) is 0 Å². The number of rotatable bonds is 5. The molecule has 0 radical (unpaired) electrons. The maximum atomic E-state index is 12.7. The molecule has 0 saturated carbocycles. The van der Waals surface area contributed by atoms with Crippen LogP contribution in [0.2, 0.25) is 5.02 Å². The zero-order valence-electron chi connectivity index (χ0n) is 12.4. The van der Waals surface area contributed by atoms with Gasteiger partial charge in [-0.05, 0) is 66.0 Å². The highest BCUT2D eigenvalue weighted by molar-refractivity contribution is 9.10. The summed E-state index contributed by atoms with van der Waals surface area (Å²) in [5, 5.41) is 3.85. The first kappa shape index (κ1) is 20.2. The topological polar surface area (TPSA) is 49.4 Å². The van der Waals surface area contributed by atoms with Crippen LogP contribution in [-0.2, 0) is 10.0 Å². The number of hydrogen-bond donors (Lipinski definition) is 1. The lowest BCUT2D eigenvalue weighted by Crippen LogP contribution is -2.40. The minimum absolute atomic E-state index is 0. The highest BCUT2D eigenvalue weighted by atomic mass is 79.9. The molecule has 0 atom stereocenters. The maximum Gasteiger partial charge on any atom is 0.244 e. The van der Waals surface area contributed by atoms with Gasteiger partial charge in [0.25, 0.3) is 0 Å². The van der Waals surface area contributed by atoms with Crippen LogP contribution in [0, 0.1) is 5.92 Å². The van der Waals surface area contributed by atoms with Crippen molar-refractivity contribution in [2.75, 3.05) is 26.2 Å². The lowest BCUT2D eigenvalue weighted by molar-refractivity contribution is 0.268. The summed E-state index contributed by atoms with van der Waals surface area (Å²) in [7, 11) is -3.45. The van der Waals surface area contributed by atoms with Gasteiger partial charge < -0.3 is 5.32 Å². The van der Waals surface area contributed by atoms with E-state index in [0.717, 1.165) is 25.9 Å². The molecular formula is C14H21BrCl2N2O2S. The standard InChI is InChI=1S/C14H20BrClN2O2S.ClH/c1-2-17-10-11-5-7-18(8-6-11)21(19,20)14-4-3-12(16)9-13(14)15;/h3-4,9,11,17H,2,5-8,10H2,1H3;1H. The van der Waals surface area contributed by atoms with Crippen LogP contribution in [0.4, 0.5) is 0 Å². The highest BCUT2D eigenvalue weighted by Gasteiger charge is 2.30. The third kappa shape index (κ3) is 4.82. The molecule has 22 heavy (non-hydrogen) atoms. The van der Waals surface area contributed by atoms with Crippen LogP contribution < -0.4 is 5.32 Å². The van der Waals surface area contributed by atoms with Crippen molar-refractivity contribution < 1.29 is 8.42 Å². The number of nitrogens with one attached hydrogen (secondary N) is 1. The number of hydrogen-bond acceptors (Lipinski definition) is 3. The molecule has 0 bridgehead atoms. The van der Waals surface area contributed by atoms with Gasteiger partial charge in [0, 0.05) is 22.6 Å². The largest absolute Gasteiger partial charge is 0.317 e. The number of piperidine rings is 1.